The number of aromatic nitrogens is 3. The Kier molecular flexibility index (Phi) is 6.16. The molecule has 1 amide bonds. The van der Waals surface area contributed by atoms with Crippen LogP contribution in [0.15, 0.2) is 42.7 Å². The van der Waals surface area contributed by atoms with Crippen molar-refractivity contribution in [2.24, 2.45) is 0 Å². The van der Waals surface area contributed by atoms with E-state index in [4.69, 9.17) is 0 Å². The lowest BCUT2D eigenvalue weighted by atomic mass is 10.1. The summed E-state index contributed by atoms with van der Waals surface area (Å²) in [6.45, 7) is 8.09. The third-order valence-corrected chi connectivity index (χ3v) is 5.53. The first-order valence-corrected chi connectivity index (χ1v) is 10.5. The van der Waals surface area contributed by atoms with E-state index in [0.29, 0.717) is 17.5 Å². The highest BCUT2D eigenvalue weighted by atomic mass is 19.1. The van der Waals surface area contributed by atoms with Crippen LogP contribution in [0.25, 0.3) is 0 Å². The summed E-state index contributed by atoms with van der Waals surface area (Å²) in [5.74, 6) is 0.713. The Bertz CT molecular complexity index is 1130. The Morgan fingerprint density at radius 3 is 2.44 bits per heavy atom. The number of nitrogens with one attached hydrogen (secondary N) is 2. The van der Waals surface area contributed by atoms with Crippen molar-refractivity contribution in [2.45, 2.75) is 20.8 Å². The van der Waals surface area contributed by atoms with Crippen molar-refractivity contribution in [3.63, 3.8) is 0 Å². The smallest absolute Gasteiger partial charge is 0.232 e. The zero-order chi connectivity index (χ0) is 22.7. The number of rotatable bonds is 5. The van der Waals surface area contributed by atoms with Crippen LogP contribution in [-0.2, 0) is 4.79 Å². The van der Waals surface area contributed by atoms with Crippen molar-refractivity contribution in [1.82, 2.24) is 15.0 Å². The monoisotopic (exact) mass is 435 g/mol. The number of anilines is 5. The van der Waals surface area contributed by atoms with Gasteiger partial charge in [0.1, 0.15) is 12.1 Å². The van der Waals surface area contributed by atoms with Crippen LogP contribution in [0.5, 0.6) is 0 Å². The number of carbonyl (C=O) groups is 1. The molecular weight excluding hydrogens is 409 g/mol. The zero-order valence-electron chi connectivity index (χ0n) is 18.4. The number of halogens is 1. The van der Waals surface area contributed by atoms with Gasteiger partial charge in [0, 0.05) is 50.2 Å². The standard InChI is InChI=1S/C23H26FN7O/c1-15-7-8-18(13-19(15)24)30-9-11-31(12-10-30)23-26-14-25-22(29-23)28-21-6-4-5-20(16(21)2)27-17(3)32/h4-8,13-14H,9-12H2,1-3H3,(H,27,32)(H,25,26,28,29). The van der Waals surface area contributed by atoms with E-state index in [1.807, 2.05) is 37.3 Å². The molecule has 0 atom stereocenters. The fraction of sp³-hybridized carbons (Fsp3) is 0.304. The predicted octanol–water partition coefficient (Wildman–Crippen LogP) is 3.66. The van der Waals surface area contributed by atoms with Gasteiger partial charge in [0.05, 0.1) is 0 Å². The van der Waals surface area contributed by atoms with Crippen LogP contribution >= 0.6 is 0 Å². The quantitative estimate of drug-likeness (QED) is 0.633. The number of amides is 1. The van der Waals surface area contributed by atoms with Crippen molar-refractivity contribution in [1.29, 1.82) is 0 Å². The van der Waals surface area contributed by atoms with Gasteiger partial charge >= 0.3 is 0 Å². The average Bonchev–Trinajstić information content (AvgIpc) is 2.78. The second kappa shape index (κ2) is 9.17. The van der Waals surface area contributed by atoms with Gasteiger partial charge in [-0.1, -0.05) is 12.1 Å². The number of hydrogen-bond donors (Lipinski definition) is 2. The van der Waals surface area contributed by atoms with Gasteiger partial charge in [-0.05, 0) is 49.2 Å². The van der Waals surface area contributed by atoms with Gasteiger partial charge in [0.15, 0.2) is 0 Å². The Hall–Kier alpha value is -3.75. The number of benzene rings is 2. The fourth-order valence-corrected chi connectivity index (χ4v) is 3.66. The van der Waals surface area contributed by atoms with E-state index in [2.05, 4.69) is 35.4 Å². The van der Waals surface area contributed by atoms with Crippen molar-refractivity contribution in [3.05, 3.63) is 59.7 Å². The molecule has 0 unspecified atom stereocenters. The lowest BCUT2D eigenvalue weighted by molar-refractivity contribution is -0.114. The van der Waals surface area contributed by atoms with E-state index in [-0.39, 0.29) is 11.7 Å². The summed E-state index contributed by atoms with van der Waals surface area (Å²) in [6, 6.07) is 11.0. The van der Waals surface area contributed by atoms with E-state index in [1.165, 1.54) is 13.3 Å². The summed E-state index contributed by atoms with van der Waals surface area (Å²) in [7, 11) is 0. The molecule has 1 aliphatic rings. The molecule has 0 spiro atoms. The van der Waals surface area contributed by atoms with E-state index in [1.54, 1.807) is 13.0 Å². The normalized spacial score (nSPS) is 13.8. The first kappa shape index (κ1) is 21.5. The Labute approximate surface area is 186 Å². The number of piperazine rings is 1. The van der Waals surface area contributed by atoms with Gasteiger partial charge in [0.2, 0.25) is 17.8 Å². The first-order valence-electron chi connectivity index (χ1n) is 10.5. The molecule has 3 aromatic rings. The van der Waals surface area contributed by atoms with Gasteiger partial charge in [-0.15, -0.1) is 0 Å². The minimum absolute atomic E-state index is 0.125. The lowest BCUT2D eigenvalue weighted by Gasteiger charge is -2.36. The molecule has 4 rings (SSSR count). The lowest BCUT2D eigenvalue weighted by Crippen LogP contribution is -2.47. The maximum Gasteiger partial charge on any atom is 0.232 e. The highest BCUT2D eigenvalue weighted by molar-refractivity contribution is 5.90. The molecule has 1 saturated heterocycles. The molecule has 0 saturated carbocycles. The SMILES string of the molecule is CC(=O)Nc1cccc(Nc2ncnc(N3CCN(c4ccc(C)c(F)c4)CC3)n2)c1C. The fourth-order valence-electron chi connectivity index (χ4n) is 3.66. The molecule has 1 fully saturated rings. The summed E-state index contributed by atoms with van der Waals surface area (Å²) in [4.78, 5) is 28.8. The van der Waals surface area contributed by atoms with Crippen LogP contribution < -0.4 is 20.4 Å². The molecule has 0 aliphatic carbocycles. The van der Waals surface area contributed by atoms with E-state index < -0.39 is 0 Å². The summed E-state index contributed by atoms with van der Waals surface area (Å²) >= 11 is 0. The van der Waals surface area contributed by atoms with Crippen LogP contribution in [0.4, 0.5) is 33.3 Å². The highest BCUT2D eigenvalue weighted by Crippen LogP contribution is 2.26. The number of aryl methyl sites for hydroxylation is 1. The zero-order valence-corrected chi connectivity index (χ0v) is 18.4. The molecule has 2 heterocycles. The largest absolute Gasteiger partial charge is 0.368 e. The molecule has 8 nitrogen and oxygen atoms in total. The van der Waals surface area contributed by atoms with Crippen molar-refractivity contribution < 1.29 is 9.18 Å². The molecule has 166 valence electrons. The highest BCUT2D eigenvalue weighted by Gasteiger charge is 2.20. The van der Waals surface area contributed by atoms with Crippen LogP contribution in [0.1, 0.15) is 18.1 Å². The third-order valence-electron chi connectivity index (χ3n) is 5.53. The number of hydrogen-bond acceptors (Lipinski definition) is 7. The number of carbonyl (C=O) groups excluding carboxylic acids is 1. The van der Waals surface area contributed by atoms with Crippen LogP contribution in [0, 0.1) is 19.7 Å². The first-order chi connectivity index (χ1) is 15.4. The molecule has 32 heavy (non-hydrogen) atoms. The second-order valence-electron chi connectivity index (χ2n) is 7.80. The molecule has 1 aromatic heterocycles. The molecule has 0 bridgehead atoms. The summed E-state index contributed by atoms with van der Waals surface area (Å²) in [6.07, 6.45) is 1.49. The van der Waals surface area contributed by atoms with Crippen molar-refractivity contribution >= 4 is 34.9 Å². The van der Waals surface area contributed by atoms with Crippen molar-refractivity contribution in [2.75, 3.05) is 46.6 Å². The summed E-state index contributed by atoms with van der Waals surface area (Å²) < 4.78 is 13.9. The summed E-state index contributed by atoms with van der Waals surface area (Å²) in [5.41, 5.74) is 3.97. The minimum atomic E-state index is -0.184. The van der Waals surface area contributed by atoms with Crippen LogP contribution in [0.2, 0.25) is 0 Å². The van der Waals surface area contributed by atoms with E-state index in [0.717, 1.165) is 48.8 Å². The van der Waals surface area contributed by atoms with E-state index >= 15 is 0 Å². The Morgan fingerprint density at radius 2 is 1.72 bits per heavy atom. The second-order valence-corrected chi connectivity index (χ2v) is 7.80. The summed E-state index contributed by atoms with van der Waals surface area (Å²) in [5, 5.41) is 6.04. The molecule has 9 heteroatoms. The van der Waals surface area contributed by atoms with Gasteiger partial charge in [-0.2, -0.15) is 4.98 Å². The molecule has 1 aliphatic heterocycles. The minimum Gasteiger partial charge on any atom is -0.368 e. The van der Waals surface area contributed by atoms with Crippen LogP contribution in [-0.4, -0.2) is 47.0 Å². The molecule has 0 radical (unpaired) electrons. The topological polar surface area (TPSA) is 86.3 Å². The maximum absolute atomic E-state index is 13.9. The maximum atomic E-state index is 13.9. The van der Waals surface area contributed by atoms with Crippen molar-refractivity contribution in [3.8, 4) is 0 Å². The number of nitrogens with zero attached hydrogens (tertiary/aromatic N) is 5. The molecule has 2 aromatic carbocycles. The van der Waals surface area contributed by atoms with Gasteiger partial charge < -0.3 is 20.4 Å². The third kappa shape index (κ3) is 4.77. The van der Waals surface area contributed by atoms with Gasteiger partial charge in [-0.3, -0.25) is 4.79 Å². The predicted molar refractivity (Wildman–Crippen MR) is 124 cm³/mol. The Morgan fingerprint density at radius 1 is 1.00 bits per heavy atom. The molecular formula is C23H26FN7O. The van der Waals surface area contributed by atoms with Crippen LogP contribution in [0.3, 0.4) is 0 Å². The van der Waals surface area contributed by atoms with Gasteiger partial charge in [-0.25, -0.2) is 14.4 Å². The van der Waals surface area contributed by atoms with Gasteiger partial charge in [0.25, 0.3) is 0 Å². The average molecular weight is 436 g/mol. The van der Waals surface area contributed by atoms with E-state index in [9.17, 15) is 9.18 Å². The Balaban J connectivity index is 1.44. The molecule has 2 N–H and O–H groups in total.